The fourth-order valence-electron chi connectivity index (χ4n) is 2.40. The van der Waals surface area contributed by atoms with Crippen LogP contribution in [-0.2, 0) is 16.5 Å². The van der Waals surface area contributed by atoms with Crippen LogP contribution < -0.4 is 0 Å². The lowest BCUT2D eigenvalue weighted by atomic mass is 9.97. The highest BCUT2D eigenvalue weighted by Crippen LogP contribution is 2.29. The molecular weight excluding hydrogens is 248 g/mol. The van der Waals surface area contributed by atoms with Gasteiger partial charge >= 0.3 is 0 Å². The Morgan fingerprint density at radius 2 is 1.83 bits per heavy atom. The lowest BCUT2D eigenvalue weighted by Crippen LogP contribution is -2.04. The first kappa shape index (κ1) is 13.1. The van der Waals surface area contributed by atoms with Gasteiger partial charge in [0.25, 0.3) is 10.1 Å². The summed E-state index contributed by atoms with van der Waals surface area (Å²) in [6, 6.07) is 7.49. The summed E-state index contributed by atoms with van der Waals surface area (Å²) >= 11 is 0. The minimum absolute atomic E-state index is 0.0115. The van der Waals surface area contributed by atoms with Gasteiger partial charge in [-0.2, -0.15) is 8.42 Å². The predicted molar refractivity (Wildman–Crippen MR) is 72.6 cm³/mol. The molecule has 0 amide bonds. The van der Waals surface area contributed by atoms with Crippen molar-refractivity contribution in [2.45, 2.75) is 32.1 Å². The van der Waals surface area contributed by atoms with Gasteiger partial charge in [0.1, 0.15) is 0 Å². The number of benzene rings is 2. The Morgan fingerprint density at radius 1 is 1.17 bits per heavy atom. The molecule has 0 aromatic heterocycles. The molecule has 0 saturated heterocycles. The molecule has 1 N–H and O–H groups in total. The Balaban J connectivity index is 2.96. The molecule has 0 bridgehead atoms. The highest BCUT2D eigenvalue weighted by atomic mass is 32.2. The normalized spacial score (nSPS) is 12.0. The minimum Gasteiger partial charge on any atom is -0.282 e. The maximum Gasteiger partial charge on any atom is 0.294 e. The Morgan fingerprint density at radius 3 is 2.39 bits per heavy atom. The van der Waals surface area contributed by atoms with Gasteiger partial charge in [-0.25, -0.2) is 0 Å². The smallest absolute Gasteiger partial charge is 0.282 e. The fraction of sp³-hybridized carbons (Fsp3) is 0.286. The highest BCUT2D eigenvalue weighted by molar-refractivity contribution is 7.85. The van der Waals surface area contributed by atoms with Crippen molar-refractivity contribution in [3.05, 3.63) is 41.0 Å². The van der Waals surface area contributed by atoms with Gasteiger partial charge in [0.15, 0.2) is 0 Å². The zero-order chi connectivity index (χ0) is 13.5. The van der Waals surface area contributed by atoms with E-state index in [4.69, 9.17) is 0 Å². The van der Waals surface area contributed by atoms with Crippen molar-refractivity contribution in [3.8, 4) is 0 Å². The molecule has 3 nitrogen and oxygen atoms in total. The van der Waals surface area contributed by atoms with E-state index >= 15 is 0 Å². The third kappa shape index (κ3) is 2.13. The second-order valence-corrected chi connectivity index (χ2v) is 5.92. The molecule has 4 heteroatoms. The van der Waals surface area contributed by atoms with Crippen molar-refractivity contribution in [2.75, 3.05) is 0 Å². The minimum atomic E-state index is -4.17. The molecule has 0 aliphatic carbocycles. The molecule has 0 heterocycles. The van der Waals surface area contributed by atoms with Crippen molar-refractivity contribution < 1.29 is 13.0 Å². The summed E-state index contributed by atoms with van der Waals surface area (Å²) in [7, 11) is -4.17. The largest absolute Gasteiger partial charge is 0.294 e. The Bertz CT molecular complexity index is 715. The van der Waals surface area contributed by atoms with E-state index in [1.165, 1.54) is 0 Å². The molecule has 0 saturated carbocycles. The molecule has 2 aromatic rings. The van der Waals surface area contributed by atoms with Crippen molar-refractivity contribution in [2.24, 2.45) is 0 Å². The number of hydrogen-bond donors (Lipinski definition) is 1. The molecule has 0 radical (unpaired) electrons. The number of hydrogen-bond acceptors (Lipinski definition) is 2. The van der Waals surface area contributed by atoms with Crippen LogP contribution >= 0.6 is 0 Å². The topological polar surface area (TPSA) is 54.4 Å². The van der Waals surface area contributed by atoms with E-state index in [2.05, 4.69) is 0 Å². The first-order valence-corrected chi connectivity index (χ1v) is 7.29. The number of fused-ring (bicyclic) bond motifs is 1. The van der Waals surface area contributed by atoms with Crippen molar-refractivity contribution in [1.82, 2.24) is 0 Å². The fourth-order valence-corrected chi connectivity index (χ4v) is 3.19. The Hall–Kier alpha value is -1.39. The lowest BCUT2D eigenvalue weighted by Gasteiger charge is -2.13. The summed E-state index contributed by atoms with van der Waals surface area (Å²) in [4.78, 5) is 0.0115. The predicted octanol–water partition coefficient (Wildman–Crippen LogP) is 3.27. The molecule has 0 atom stereocenters. The van der Waals surface area contributed by atoms with E-state index in [0.717, 1.165) is 28.3 Å². The second kappa shape index (κ2) is 4.37. The van der Waals surface area contributed by atoms with Crippen molar-refractivity contribution in [3.63, 3.8) is 0 Å². The van der Waals surface area contributed by atoms with E-state index in [1.54, 1.807) is 13.0 Å². The van der Waals surface area contributed by atoms with E-state index in [1.807, 2.05) is 32.0 Å². The zero-order valence-corrected chi connectivity index (χ0v) is 11.5. The van der Waals surface area contributed by atoms with E-state index in [9.17, 15) is 13.0 Å². The van der Waals surface area contributed by atoms with Crippen LogP contribution in [0.15, 0.2) is 29.2 Å². The molecule has 0 spiro atoms. The summed E-state index contributed by atoms with van der Waals surface area (Å²) in [6.45, 7) is 5.68. The molecule has 2 rings (SSSR count). The second-order valence-electron chi connectivity index (χ2n) is 4.53. The average Bonchev–Trinajstić information content (AvgIpc) is 2.27. The Kier molecular flexibility index (Phi) is 3.17. The van der Waals surface area contributed by atoms with Crippen LogP contribution in [0.25, 0.3) is 10.8 Å². The average molecular weight is 264 g/mol. The van der Waals surface area contributed by atoms with Gasteiger partial charge in [0.05, 0.1) is 4.90 Å². The standard InChI is InChI=1S/C14H16O3S/c1-4-12-10(3)14(18(15,16)17)8-11-7-9(2)5-6-13(11)12/h5-8H,4H2,1-3H3,(H,15,16,17). The molecule has 96 valence electrons. The molecular formula is C14H16O3S. The van der Waals surface area contributed by atoms with E-state index < -0.39 is 10.1 Å². The maximum atomic E-state index is 11.4. The van der Waals surface area contributed by atoms with Crippen LogP contribution in [0.3, 0.4) is 0 Å². The number of rotatable bonds is 2. The third-order valence-corrected chi connectivity index (χ3v) is 4.25. The van der Waals surface area contributed by atoms with Crippen molar-refractivity contribution >= 4 is 20.9 Å². The lowest BCUT2D eigenvalue weighted by molar-refractivity contribution is 0.482. The summed E-state index contributed by atoms with van der Waals surface area (Å²) in [5.74, 6) is 0. The van der Waals surface area contributed by atoms with Gasteiger partial charge in [0, 0.05) is 0 Å². The van der Waals surface area contributed by atoms with Crippen LogP contribution in [0.1, 0.15) is 23.6 Å². The quantitative estimate of drug-likeness (QED) is 0.847. The summed E-state index contributed by atoms with van der Waals surface area (Å²) in [5, 5.41) is 1.90. The van der Waals surface area contributed by atoms with Crippen LogP contribution in [0.4, 0.5) is 0 Å². The van der Waals surface area contributed by atoms with Gasteiger partial charge in [-0.05, 0) is 48.2 Å². The molecule has 18 heavy (non-hydrogen) atoms. The number of aryl methyl sites for hydroxylation is 2. The highest BCUT2D eigenvalue weighted by Gasteiger charge is 2.17. The van der Waals surface area contributed by atoms with Gasteiger partial charge in [0.2, 0.25) is 0 Å². The monoisotopic (exact) mass is 264 g/mol. The first-order chi connectivity index (χ1) is 8.34. The molecule has 0 aliphatic heterocycles. The summed E-state index contributed by atoms with van der Waals surface area (Å²) < 4.78 is 32.1. The van der Waals surface area contributed by atoms with Gasteiger partial charge in [-0.15, -0.1) is 0 Å². The Labute approximate surface area is 107 Å². The van der Waals surface area contributed by atoms with Crippen LogP contribution in [0.5, 0.6) is 0 Å². The SMILES string of the molecule is CCc1c(C)c(S(=O)(=O)O)cc2cc(C)ccc12. The summed E-state index contributed by atoms with van der Waals surface area (Å²) in [6.07, 6.45) is 0.731. The van der Waals surface area contributed by atoms with Crippen LogP contribution in [0, 0.1) is 13.8 Å². The molecule has 0 aliphatic rings. The van der Waals surface area contributed by atoms with Crippen LogP contribution in [-0.4, -0.2) is 13.0 Å². The zero-order valence-electron chi connectivity index (χ0n) is 10.7. The third-order valence-electron chi connectivity index (χ3n) is 3.27. The van der Waals surface area contributed by atoms with Crippen molar-refractivity contribution in [1.29, 1.82) is 0 Å². The maximum absolute atomic E-state index is 11.4. The van der Waals surface area contributed by atoms with E-state index in [0.29, 0.717) is 5.56 Å². The van der Waals surface area contributed by atoms with Gasteiger partial charge in [-0.3, -0.25) is 4.55 Å². The summed E-state index contributed by atoms with van der Waals surface area (Å²) in [5.41, 5.74) is 2.67. The molecule has 0 unspecified atom stereocenters. The molecule has 0 fully saturated rings. The molecule has 2 aromatic carbocycles. The van der Waals surface area contributed by atoms with Gasteiger partial charge < -0.3 is 0 Å². The van der Waals surface area contributed by atoms with Crippen LogP contribution in [0.2, 0.25) is 0 Å². The van der Waals surface area contributed by atoms with Gasteiger partial charge in [-0.1, -0.05) is 30.7 Å². The first-order valence-electron chi connectivity index (χ1n) is 5.85. The van der Waals surface area contributed by atoms with E-state index in [-0.39, 0.29) is 4.90 Å².